The molecule has 0 unspecified atom stereocenters. The maximum atomic E-state index is 12.2. The van der Waals surface area contributed by atoms with Crippen LogP contribution in [0.1, 0.15) is 30.6 Å². The highest BCUT2D eigenvalue weighted by Crippen LogP contribution is 2.36. The second-order valence-corrected chi connectivity index (χ2v) is 8.03. The number of hydrogen-bond acceptors (Lipinski definition) is 5. The van der Waals surface area contributed by atoms with Crippen LogP contribution in [0, 0.1) is 0 Å². The molecule has 0 saturated heterocycles. The van der Waals surface area contributed by atoms with Gasteiger partial charge in [-0.15, -0.1) is 0 Å². The molecule has 142 valence electrons. The van der Waals surface area contributed by atoms with Crippen molar-refractivity contribution in [2.24, 2.45) is 0 Å². The summed E-state index contributed by atoms with van der Waals surface area (Å²) in [5.41, 5.74) is 0.347. The summed E-state index contributed by atoms with van der Waals surface area (Å²) in [5.74, 6) is 0.521. The molecule has 0 spiro atoms. The zero-order valence-corrected chi connectivity index (χ0v) is 16.5. The van der Waals surface area contributed by atoms with E-state index in [-0.39, 0.29) is 11.7 Å². The molecule has 1 N–H and O–H groups in total. The summed E-state index contributed by atoms with van der Waals surface area (Å²) in [4.78, 5) is 12.2. The molecule has 1 amide bonds. The summed E-state index contributed by atoms with van der Waals surface area (Å²) in [7, 11) is -0.206. The molecule has 0 aliphatic rings. The third-order valence-electron chi connectivity index (χ3n) is 3.56. The zero-order valence-electron chi connectivity index (χ0n) is 15.0. The van der Waals surface area contributed by atoms with Gasteiger partial charge in [-0.3, -0.25) is 4.79 Å². The van der Waals surface area contributed by atoms with Crippen molar-refractivity contribution in [3.05, 3.63) is 22.7 Å². The summed E-state index contributed by atoms with van der Waals surface area (Å²) < 4.78 is 35.2. The number of amides is 1. The molecule has 9 heteroatoms. The van der Waals surface area contributed by atoms with Crippen LogP contribution in [0.25, 0.3) is 0 Å². The van der Waals surface area contributed by atoms with Gasteiger partial charge in [0.1, 0.15) is 0 Å². The van der Waals surface area contributed by atoms with Crippen LogP contribution in [0.2, 0.25) is 5.02 Å². The highest BCUT2D eigenvalue weighted by atomic mass is 35.5. The Labute approximate surface area is 154 Å². The molecule has 0 radical (unpaired) electrons. The van der Waals surface area contributed by atoms with Gasteiger partial charge in [0.25, 0.3) is 5.91 Å². The van der Waals surface area contributed by atoms with Gasteiger partial charge in [0.15, 0.2) is 11.5 Å². The first-order chi connectivity index (χ1) is 11.8. The average molecular weight is 393 g/mol. The number of halogens is 1. The van der Waals surface area contributed by atoms with Crippen LogP contribution in [0.5, 0.6) is 11.5 Å². The maximum Gasteiger partial charge on any atom is 0.251 e. The summed E-state index contributed by atoms with van der Waals surface area (Å²) in [5, 5.41) is 3.03. The second-order valence-electron chi connectivity index (χ2n) is 5.25. The number of carbonyl (C=O) groups excluding carboxylic acids is 1. The second kappa shape index (κ2) is 9.84. The van der Waals surface area contributed by atoms with E-state index in [0.717, 1.165) is 0 Å². The first-order valence-electron chi connectivity index (χ1n) is 7.99. The third kappa shape index (κ3) is 6.05. The van der Waals surface area contributed by atoms with Gasteiger partial charge >= 0.3 is 0 Å². The van der Waals surface area contributed by atoms with Crippen molar-refractivity contribution in [2.45, 2.75) is 20.3 Å². The fraction of sp³-hybridized carbons (Fsp3) is 0.562. The smallest absolute Gasteiger partial charge is 0.251 e. The number of benzene rings is 1. The Balaban J connectivity index is 2.65. The van der Waals surface area contributed by atoms with E-state index in [1.54, 1.807) is 13.0 Å². The Kier molecular flexibility index (Phi) is 8.47. The number of sulfonamides is 1. The molecule has 1 rings (SSSR count). The van der Waals surface area contributed by atoms with E-state index in [0.29, 0.717) is 48.2 Å². The average Bonchev–Trinajstić information content (AvgIpc) is 2.59. The largest absolute Gasteiger partial charge is 0.493 e. The highest BCUT2D eigenvalue weighted by Gasteiger charge is 2.16. The Bertz CT molecular complexity index is 694. The minimum atomic E-state index is -3.20. The number of carbonyl (C=O) groups is 1. The molecule has 1 aromatic carbocycles. The van der Waals surface area contributed by atoms with Gasteiger partial charge in [0.2, 0.25) is 10.0 Å². The third-order valence-corrected chi connectivity index (χ3v) is 5.70. The summed E-state index contributed by atoms with van der Waals surface area (Å²) in [6.07, 6.45) is 0.503. The van der Waals surface area contributed by atoms with Crippen molar-refractivity contribution in [2.75, 3.05) is 39.6 Å². The van der Waals surface area contributed by atoms with Crippen molar-refractivity contribution < 1.29 is 22.7 Å². The number of hydrogen-bond donors (Lipinski definition) is 1. The van der Waals surface area contributed by atoms with Crippen LogP contribution < -0.4 is 14.8 Å². The Hall–Kier alpha value is -1.51. The molecular weight excluding hydrogens is 368 g/mol. The van der Waals surface area contributed by atoms with E-state index in [9.17, 15) is 13.2 Å². The fourth-order valence-electron chi connectivity index (χ4n) is 2.10. The van der Waals surface area contributed by atoms with Gasteiger partial charge < -0.3 is 14.8 Å². The Morgan fingerprint density at radius 3 is 2.56 bits per heavy atom. The molecule has 25 heavy (non-hydrogen) atoms. The molecule has 1 aromatic rings. The molecule has 0 saturated carbocycles. The van der Waals surface area contributed by atoms with Crippen LogP contribution in [0.3, 0.4) is 0 Å². The molecule has 0 heterocycles. The van der Waals surface area contributed by atoms with Gasteiger partial charge in [-0.25, -0.2) is 12.7 Å². The van der Waals surface area contributed by atoms with E-state index < -0.39 is 10.0 Å². The predicted octanol–water partition coefficient (Wildman–Crippen LogP) is 2.15. The Morgan fingerprint density at radius 1 is 1.32 bits per heavy atom. The van der Waals surface area contributed by atoms with Crippen molar-refractivity contribution in [1.29, 1.82) is 0 Å². The van der Waals surface area contributed by atoms with Crippen LogP contribution >= 0.6 is 11.6 Å². The zero-order chi connectivity index (χ0) is 19.0. The highest BCUT2D eigenvalue weighted by molar-refractivity contribution is 7.89. The minimum absolute atomic E-state index is 0.0559. The van der Waals surface area contributed by atoms with E-state index >= 15 is 0 Å². The predicted molar refractivity (Wildman–Crippen MR) is 98.2 cm³/mol. The topological polar surface area (TPSA) is 84.9 Å². The van der Waals surface area contributed by atoms with Crippen molar-refractivity contribution in [1.82, 2.24) is 9.62 Å². The van der Waals surface area contributed by atoms with Crippen molar-refractivity contribution >= 4 is 27.5 Å². The van der Waals surface area contributed by atoms with Crippen LogP contribution in [-0.4, -0.2) is 58.2 Å². The fourth-order valence-corrected chi connectivity index (χ4v) is 3.21. The number of ether oxygens (including phenoxy) is 2. The standard InChI is InChI=1S/C16H25ClN2O5S/c1-5-24-15-13(17)10-12(11-14(15)23-4)16(20)18-8-7-9-19(3)25(21,22)6-2/h10-11H,5-9H2,1-4H3,(H,18,20). The van der Waals surface area contributed by atoms with E-state index in [4.69, 9.17) is 21.1 Å². The summed E-state index contributed by atoms with van der Waals surface area (Å²) >= 11 is 6.15. The van der Waals surface area contributed by atoms with Gasteiger partial charge in [-0.05, 0) is 32.4 Å². The number of rotatable bonds is 10. The van der Waals surface area contributed by atoms with Gasteiger partial charge in [0, 0.05) is 25.7 Å². The van der Waals surface area contributed by atoms with Crippen molar-refractivity contribution in [3.8, 4) is 11.5 Å². The summed E-state index contributed by atoms with van der Waals surface area (Å²) in [6.45, 7) is 4.53. The van der Waals surface area contributed by atoms with Gasteiger partial charge in [-0.1, -0.05) is 11.6 Å². The number of methoxy groups -OCH3 is 1. The Morgan fingerprint density at radius 2 is 2.00 bits per heavy atom. The molecule has 0 fully saturated rings. The molecule has 0 aliphatic heterocycles. The van der Waals surface area contributed by atoms with Crippen LogP contribution in [0.4, 0.5) is 0 Å². The first-order valence-corrected chi connectivity index (χ1v) is 9.98. The quantitative estimate of drug-likeness (QED) is 0.616. The lowest BCUT2D eigenvalue weighted by Gasteiger charge is -2.16. The first kappa shape index (κ1) is 21.5. The van der Waals surface area contributed by atoms with E-state index in [1.807, 2.05) is 6.92 Å². The normalized spacial score (nSPS) is 11.4. The molecule has 0 bridgehead atoms. The molecular formula is C16H25ClN2O5S. The molecule has 0 aromatic heterocycles. The number of nitrogens with zero attached hydrogens (tertiary/aromatic N) is 1. The summed E-state index contributed by atoms with van der Waals surface area (Å²) in [6, 6.07) is 3.07. The lowest BCUT2D eigenvalue weighted by atomic mass is 10.2. The van der Waals surface area contributed by atoms with Crippen LogP contribution in [-0.2, 0) is 10.0 Å². The number of nitrogens with one attached hydrogen (secondary N) is 1. The lowest BCUT2D eigenvalue weighted by Crippen LogP contribution is -2.32. The molecule has 0 aliphatic carbocycles. The molecule has 0 atom stereocenters. The molecule has 7 nitrogen and oxygen atoms in total. The van der Waals surface area contributed by atoms with Gasteiger partial charge in [-0.2, -0.15) is 0 Å². The lowest BCUT2D eigenvalue weighted by molar-refractivity contribution is 0.0952. The van der Waals surface area contributed by atoms with Crippen molar-refractivity contribution in [3.63, 3.8) is 0 Å². The monoisotopic (exact) mass is 392 g/mol. The van der Waals surface area contributed by atoms with E-state index in [2.05, 4.69) is 5.32 Å². The SMILES string of the molecule is CCOc1c(Cl)cc(C(=O)NCCCN(C)S(=O)(=O)CC)cc1OC. The van der Waals surface area contributed by atoms with Crippen LogP contribution in [0.15, 0.2) is 12.1 Å². The minimum Gasteiger partial charge on any atom is -0.493 e. The van der Waals surface area contributed by atoms with Gasteiger partial charge in [0.05, 0.1) is 24.5 Å². The van der Waals surface area contributed by atoms with E-state index in [1.165, 1.54) is 24.5 Å². The maximum absolute atomic E-state index is 12.2.